The van der Waals surface area contributed by atoms with Gasteiger partial charge >= 0.3 is 0 Å². The number of likely N-dealkylation sites (N-methyl/N-ethyl adjacent to an activating group) is 1. The molecule has 0 aromatic heterocycles. The van der Waals surface area contributed by atoms with E-state index in [-0.39, 0.29) is 0 Å². The number of hydrogen-bond acceptors (Lipinski definition) is 3. The zero-order valence-electron chi connectivity index (χ0n) is 10.5. The number of nitrogens with one attached hydrogen (secondary N) is 1. The Morgan fingerprint density at radius 3 is 2.87 bits per heavy atom. The van der Waals surface area contributed by atoms with Gasteiger partial charge in [0.25, 0.3) is 0 Å². The van der Waals surface area contributed by atoms with E-state index in [1.54, 1.807) is 0 Å². The highest BCUT2D eigenvalue weighted by Crippen LogP contribution is 2.23. The SMILES string of the molecule is CCCC(CNC)N1CCSC(CC)C1. The molecule has 1 saturated heterocycles. The quantitative estimate of drug-likeness (QED) is 0.753. The Hall–Kier alpha value is 0.270. The molecule has 0 saturated carbocycles. The molecule has 90 valence electrons. The van der Waals surface area contributed by atoms with Crippen LogP contribution in [-0.2, 0) is 0 Å². The van der Waals surface area contributed by atoms with Crippen LogP contribution in [0.25, 0.3) is 0 Å². The van der Waals surface area contributed by atoms with Gasteiger partial charge in [0.2, 0.25) is 0 Å². The van der Waals surface area contributed by atoms with E-state index < -0.39 is 0 Å². The van der Waals surface area contributed by atoms with Gasteiger partial charge in [0.15, 0.2) is 0 Å². The molecular formula is C12H26N2S. The maximum absolute atomic E-state index is 3.33. The summed E-state index contributed by atoms with van der Waals surface area (Å²) in [6.07, 6.45) is 3.95. The first-order chi connectivity index (χ1) is 7.31. The highest BCUT2D eigenvalue weighted by Gasteiger charge is 2.24. The van der Waals surface area contributed by atoms with E-state index >= 15 is 0 Å². The predicted octanol–water partition coefficient (Wildman–Crippen LogP) is 2.20. The molecule has 2 atom stereocenters. The molecule has 3 heteroatoms. The zero-order chi connectivity index (χ0) is 11.1. The maximum Gasteiger partial charge on any atom is 0.0221 e. The van der Waals surface area contributed by atoms with Gasteiger partial charge in [0.1, 0.15) is 0 Å². The van der Waals surface area contributed by atoms with E-state index in [0.717, 1.165) is 17.8 Å². The van der Waals surface area contributed by atoms with Crippen LogP contribution >= 0.6 is 11.8 Å². The van der Waals surface area contributed by atoms with E-state index in [9.17, 15) is 0 Å². The minimum absolute atomic E-state index is 0.759. The van der Waals surface area contributed by atoms with E-state index in [4.69, 9.17) is 0 Å². The molecule has 0 aliphatic carbocycles. The summed E-state index contributed by atoms with van der Waals surface area (Å²) in [6.45, 7) is 8.34. The van der Waals surface area contributed by atoms with Gasteiger partial charge in [0, 0.05) is 36.7 Å². The molecular weight excluding hydrogens is 204 g/mol. The minimum Gasteiger partial charge on any atom is -0.318 e. The van der Waals surface area contributed by atoms with Crippen LogP contribution in [0.15, 0.2) is 0 Å². The Morgan fingerprint density at radius 1 is 1.47 bits per heavy atom. The Morgan fingerprint density at radius 2 is 2.27 bits per heavy atom. The molecule has 15 heavy (non-hydrogen) atoms. The average Bonchev–Trinajstić information content (AvgIpc) is 2.29. The summed E-state index contributed by atoms with van der Waals surface area (Å²) in [7, 11) is 2.07. The summed E-state index contributed by atoms with van der Waals surface area (Å²) in [5.41, 5.74) is 0. The lowest BCUT2D eigenvalue weighted by Gasteiger charge is -2.37. The van der Waals surface area contributed by atoms with Crippen LogP contribution in [0.1, 0.15) is 33.1 Å². The summed E-state index contributed by atoms with van der Waals surface area (Å²) < 4.78 is 0. The second-order valence-corrected chi connectivity index (χ2v) is 5.80. The van der Waals surface area contributed by atoms with Gasteiger partial charge in [-0.05, 0) is 19.9 Å². The first kappa shape index (κ1) is 13.3. The Kier molecular flexibility index (Phi) is 6.69. The molecule has 1 aliphatic rings. The molecule has 0 spiro atoms. The molecule has 0 radical (unpaired) electrons. The summed E-state index contributed by atoms with van der Waals surface area (Å²) in [5.74, 6) is 1.32. The molecule has 2 nitrogen and oxygen atoms in total. The molecule has 1 heterocycles. The average molecular weight is 230 g/mol. The van der Waals surface area contributed by atoms with Gasteiger partial charge in [-0.1, -0.05) is 20.3 Å². The summed E-state index contributed by atoms with van der Waals surface area (Å²) in [4.78, 5) is 2.70. The van der Waals surface area contributed by atoms with Crippen molar-refractivity contribution >= 4 is 11.8 Å². The van der Waals surface area contributed by atoms with Gasteiger partial charge in [-0.3, -0.25) is 4.90 Å². The monoisotopic (exact) mass is 230 g/mol. The third kappa shape index (κ3) is 4.33. The van der Waals surface area contributed by atoms with Crippen molar-refractivity contribution in [1.82, 2.24) is 10.2 Å². The molecule has 1 rings (SSSR count). The van der Waals surface area contributed by atoms with Crippen LogP contribution in [0.2, 0.25) is 0 Å². The van der Waals surface area contributed by atoms with Crippen LogP contribution in [0.4, 0.5) is 0 Å². The summed E-state index contributed by atoms with van der Waals surface area (Å²) >= 11 is 2.16. The summed E-state index contributed by atoms with van der Waals surface area (Å²) in [6, 6.07) is 0.759. The lowest BCUT2D eigenvalue weighted by atomic mass is 10.1. The van der Waals surface area contributed by atoms with Crippen LogP contribution < -0.4 is 5.32 Å². The molecule has 1 aliphatic heterocycles. The van der Waals surface area contributed by atoms with Gasteiger partial charge in [-0.25, -0.2) is 0 Å². The number of thioether (sulfide) groups is 1. The Balaban J connectivity index is 2.42. The molecule has 0 aromatic rings. The fraction of sp³-hybridized carbons (Fsp3) is 1.00. The Bertz CT molecular complexity index is 158. The molecule has 1 N–H and O–H groups in total. The van der Waals surface area contributed by atoms with Gasteiger partial charge in [0.05, 0.1) is 0 Å². The highest BCUT2D eigenvalue weighted by molar-refractivity contribution is 8.00. The van der Waals surface area contributed by atoms with Crippen molar-refractivity contribution < 1.29 is 0 Å². The lowest BCUT2D eigenvalue weighted by molar-refractivity contribution is 0.188. The summed E-state index contributed by atoms with van der Waals surface area (Å²) in [5, 5.41) is 4.20. The van der Waals surface area contributed by atoms with Crippen LogP contribution in [0, 0.1) is 0 Å². The number of hydrogen-bond donors (Lipinski definition) is 1. The van der Waals surface area contributed by atoms with E-state index in [1.165, 1.54) is 38.1 Å². The number of nitrogens with zero attached hydrogens (tertiary/aromatic N) is 1. The smallest absolute Gasteiger partial charge is 0.0221 e. The van der Waals surface area contributed by atoms with E-state index in [1.807, 2.05) is 0 Å². The van der Waals surface area contributed by atoms with Crippen LogP contribution in [0.5, 0.6) is 0 Å². The van der Waals surface area contributed by atoms with Gasteiger partial charge < -0.3 is 5.32 Å². The van der Waals surface area contributed by atoms with Crippen molar-refractivity contribution in [3.8, 4) is 0 Å². The fourth-order valence-electron chi connectivity index (χ4n) is 2.30. The molecule has 2 unspecified atom stereocenters. The molecule has 0 amide bonds. The highest BCUT2D eigenvalue weighted by atomic mass is 32.2. The third-order valence-corrected chi connectivity index (χ3v) is 4.58. The number of rotatable bonds is 6. The first-order valence-electron chi connectivity index (χ1n) is 6.32. The van der Waals surface area contributed by atoms with Crippen molar-refractivity contribution in [1.29, 1.82) is 0 Å². The lowest BCUT2D eigenvalue weighted by Crippen LogP contribution is -2.48. The maximum atomic E-state index is 3.33. The molecule has 0 bridgehead atoms. The Labute approximate surface area is 99.2 Å². The second-order valence-electron chi connectivity index (χ2n) is 4.40. The zero-order valence-corrected chi connectivity index (χ0v) is 11.3. The van der Waals surface area contributed by atoms with Gasteiger partial charge in [-0.15, -0.1) is 0 Å². The van der Waals surface area contributed by atoms with E-state index in [0.29, 0.717) is 0 Å². The van der Waals surface area contributed by atoms with Crippen molar-refractivity contribution in [2.45, 2.75) is 44.4 Å². The molecule has 0 aromatic carbocycles. The predicted molar refractivity (Wildman–Crippen MR) is 70.7 cm³/mol. The first-order valence-corrected chi connectivity index (χ1v) is 7.36. The largest absolute Gasteiger partial charge is 0.318 e. The van der Waals surface area contributed by atoms with Crippen molar-refractivity contribution in [3.63, 3.8) is 0 Å². The van der Waals surface area contributed by atoms with Crippen LogP contribution in [-0.4, -0.2) is 48.6 Å². The topological polar surface area (TPSA) is 15.3 Å². The van der Waals surface area contributed by atoms with E-state index in [2.05, 4.69) is 42.9 Å². The van der Waals surface area contributed by atoms with Crippen molar-refractivity contribution in [3.05, 3.63) is 0 Å². The van der Waals surface area contributed by atoms with Crippen molar-refractivity contribution in [2.24, 2.45) is 0 Å². The van der Waals surface area contributed by atoms with Gasteiger partial charge in [-0.2, -0.15) is 11.8 Å². The van der Waals surface area contributed by atoms with Crippen LogP contribution in [0.3, 0.4) is 0 Å². The van der Waals surface area contributed by atoms with Crippen molar-refractivity contribution in [2.75, 3.05) is 32.4 Å². The minimum atomic E-state index is 0.759. The standard InChI is InChI=1S/C12H26N2S/c1-4-6-11(9-13-3)14-7-8-15-12(5-2)10-14/h11-13H,4-10H2,1-3H3. The normalized spacial score (nSPS) is 25.4. The molecule has 1 fully saturated rings. The second kappa shape index (κ2) is 7.53. The third-order valence-electron chi connectivity index (χ3n) is 3.20. The fourth-order valence-corrected chi connectivity index (χ4v) is 3.51.